The molecule has 2 aliphatic carbocycles. The molecule has 0 N–H and O–H groups in total. The number of anilines is 6. The highest BCUT2D eigenvalue weighted by Gasteiger charge is 2.50. The lowest BCUT2D eigenvalue weighted by molar-refractivity contribution is 0.668. The van der Waals surface area contributed by atoms with Crippen LogP contribution in [0.2, 0.25) is 0 Å². The van der Waals surface area contributed by atoms with Gasteiger partial charge in [0, 0.05) is 44.6 Å². The number of fused-ring (bicyclic) bond motifs is 20. The van der Waals surface area contributed by atoms with Crippen LogP contribution in [0.1, 0.15) is 22.3 Å². The van der Waals surface area contributed by atoms with Crippen LogP contribution in [0.3, 0.4) is 0 Å². The van der Waals surface area contributed by atoms with Gasteiger partial charge in [-0.05, 0) is 157 Å². The van der Waals surface area contributed by atoms with Crippen LogP contribution in [0.15, 0.2) is 283 Å². The van der Waals surface area contributed by atoms with E-state index in [1.54, 1.807) is 0 Å². The van der Waals surface area contributed by atoms with Gasteiger partial charge in [-0.1, -0.05) is 200 Å². The van der Waals surface area contributed by atoms with Gasteiger partial charge in [-0.2, -0.15) is 0 Å². The highest BCUT2D eigenvalue weighted by molar-refractivity contribution is 6.09. The molecule has 1 unspecified atom stereocenters. The SMILES string of the molecule is c1ccc(-c2ccc(N(c3ccc4c(c3)-c3ccccc3-c3ccccc3N4c3ccccc3)c3ccc4c(c3)-c3ccccc3-c3ccccc3C43c4ccccc4-c4cc5oc6ccccc6c5cc43)cc2)cc1. The van der Waals surface area contributed by atoms with Crippen LogP contribution in [0.5, 0.6) is 0 Å². The van der Waals surface area contributed by atoms with Crippen molar-refractivity contribution in [1.29, 1.82) is 0 Å². The van der Waals surface area contributed by atoms with Gasteiger partial charge in [0.2, 0.25) is 0 Å². The molecule has 2 heterocycles. The quantitative estimate of drug-likeness (QED) is 0.171. The zero-order valence-corrected chi connectivity index (χ0v) is 41.4. The van der Waals surface area contributed by atoms with Crippen LogP contribution in [0, 0.1) is 0 Å². The molecule has 1 atom stereocenters. The van der Waals surface area contributed by atoms with E-state index in [2.05, 4.69) is 289 Å². The van der Waals surface area contributed by atoms with Crippen LogP contribution in [-0.2, 0) is 5.41 Å². The highest BCUT2D eigenvalue weighted by atomic mass is 16.3. The lowest BCUT2D eigenvalue weighted by Crippen LogP contribution is -2.29. The van der Waals surface area contributed by atoms with E-state index >= 15 is 0 Å². The maximum Gasteiger partial charge on any atom is 0.136 e. The maximum atomic E-state index is 6.64. The van der Waals surface area contributed by atoms with Gasteiger partial charge in [0.15, 0.2) is 0 Å². The Morgan fingerprint density at radius 2 is 0.750 bits per heavy atom. The summed E-state index contributed by atoms with van der Waals surface area (Å²) in [5, 5.41) is 2.25. The summed E-state index contributed by atoms with van der Waals surface area (Å²) in [4.78, 5) is 4.90. The number of benzene rings is 12. The molecule has 1 aliphatic heterocycles. The topological polar surface area (TPSA) is 19.6 Å². The number of nitrogens with zero attached hydrogens (tertiary/aromatic N) is 2. The number of hydrogen-bond acceptors (Lipinski definition) is 3. The van der Waals surface area contributed by atoms with Crippen molar-refractivity contribution >= 4 is 56.1 Å². The van der Waals surface area contributed by atoms with Gasteiger partial charge in [0.25, 0.3) is 0 Å². The maximum absolute atomic E-state index is 6.64. The molecule has 3 aliphatic rings. The van der Waals surface area contributed by atoms with Gasteiger partial charge >= 0.3 is 0 Å². The lowest BCUT2D eigenvalue weighted by Gasteiger charge is -2.36. The van der Waals surface area contributed by atoms with Crippen molar-refractivity contribution in [2.24, 2.45) is 0 Å². The molecule has 354 valence electrons. The van der Waals surface area contributed by atoms with E-state index in [-0.39, 0.29) is 0 Å². The highest BCUT2D eigenvalue weighted by Crippen LogP contribution is 2.63. The van der Waals surface area contributed by atoms with Gasteiger partial charge in [0.05, 0.1) is 16.8 Å². The van der Waals surface area contributed by atoms with E-state index in [0.717, 1.165) is 61.6 Å². The van der Waals surface area contributed by atoms with Crippen molar-refractivity contribution in [2.45, 2.75) is 5.41 Å². The largest absolute Gasteiger partial charge is 0.456 e. The van der Waals surface area contributed by atoms with Crippen molar-refractivity contribution in [3.8, 4) is 66.8 Å². The minimum Gasteiger partial charge on any atom is -0.456 e. The van der Waals surface area contributed by atoms with Gasteiger partial charge < -0.3 is 14.2 Å². The normalized spacial score (nSPS) is 14.3. The molecule has 0 saturated carbocycles. The molecular formula is C73H46N2O. The lowest BCUT2D eigenvalue weighted by atomic mass is 9.65. The average Bonchev–Trinajstić information content (AvgIpc) is 4.17. The summed E-state index contributed by atoms with van der Waals surface area (Å²) in [5.41, 5.74) is 27.2. The van der Waals surface area contributed by atoms with Crippen molar-refractivity contribution < 1.29 is 4.42 Å². The van der Waals surface area contributed by atoms with E-state index in [9.17, 15) is 0 Å². The zero-order chi connectivity index (χ0) is 49.9. The van der Waals surface area contributed by atoms with Gasteiger partial charge in [0.1, 0.15) is 11.2 Å². The first-order valence-corrected chi connectivity index (χ1v) is 26.2. The predicted octanol–water partition coefficient (Wildman–Crippen LogP) is 19.9. The molecule has 1 aromatic heterocycles. The van der Waals surface area contributed by atoms with Gasteiger partial charge in [-0.3, -0.25) is 0 Å². The summed E-state index contributed by atoms with van der Waals surface area (Å²) in [6.45, 7) is 0. The average molecular weight is 967 g/mol. The van der Waals surface area contributed by atoms with Crippen molar-refractivity contribution in [3.63, 3.8) is 0 Å². The molecule has 16 rings (SSSR count). The standard InChI is InChI=1S/C73H46N2O/c1-3-19-47(20-4-1)48-35-37-50(38-36-48)74(52-40-42-70-63(44-52)56-26-10-8-24-54(56)59-29-13-17-33-69(59)75(70)49-21-5-2-6-22-49)51-39-41-67-61(43-51)55-25-9-7-23-53(55)57-27-11-15-31-65(57)73(67)66-32-16-12-28-58(66)62-46-72-64(45-68(62)73)60-30-14-18-34-71(60)76-72/h1-46H. The molecule has 1 spiro atoms. The van der Waals surface area contributed by atoms with E-state index in [1.165, 1.54) is 83.5 Å². The third-order valence-electron chi connectivity index (χ3n) is 16.4. The van der Waals surface area contributed by atoms with Crippen molar-refractivity contribution in [3.05, 3.63) is 301 Å². The summed E-state index contributed by atoms with van der Waals surface area (Å²) in [6, 6.07) is 103. The molecule has 76 heavy (non-hydrogen) atoms. The second-order valence-corrected chi connectivity index (χ2v) is 20.3. The molecule has 0 radical (unpaired) electrons. The molecule has 0 fully saturated rings. The molecule has 0 saturated heterocycles. The fourth-order valence-electron chi connectivity index (χ4n) is 13.2. The van der Waals surface area contributed by atoms with Crippen LogP contribution in [0.4, 0.5) is 34.1 Å². The van der Waals surface area contributed by atoms with Gasteiger partial charge in [-0.15, -0.1) is 0 Å². The van der Waals surface area contributed by atoms with Crippen LogP contribution >= 0.6 is 0 Å². The first-order valence-electron chi connectivity index (χ1n) is 26.2. The Bertz CT molecular complexity index is 4480. The number of para-hydroxylation sites is 3. The smallest absolute Gasteiger partial charge is 0.136 e. The monoisotopic (exact) mass is 966 g/mol. The minimum atomic E-state index is -0.673. The summed E-state index contributed by atoms with van der Waals surface area (Å²) in [5.74, 6) is 0. The Labute approximate surface area is 441 Å². The fourth-order valence-corrected chi connectivity index (χ4v) is 13.2. The minimum absolute atomic E-state index is 0.673. The summed E-state index contributed by atoms with van der Waals surface area (Å²) in [7, 11) is 0. The Morgan fingerprint density at radius 3 is 1.47 bits per heavy atom. The van der Waals surface area contributed by atoms with Gasteiger partial charge in [-0.25, -0.2) is 0 Å². The Morgan fingerprint density at radius 1 is 0.276 bits per heavy atom. The Kier molecular flexibility index (Phi) is 9.25. The first-order chi connectivity index (χ1) is 37.7. The molecule has 3 nitrogen and oxygen atoms in total. The fraction of sp³-hybridized carbons (Fsp3) is 0.0137. The van der Waals surface area contributed by atoms with E-state index in [1.807, 2.05) is 0 Å². The van der Waals surface area contributed by atoms with E-state index in [4.69, 9.17) is 4.42 Å². The molecule has 0 bridgehead atoms. The molecule has 12 aromatic carbocycles. The van der Waals surface area contributed by atoms with E-state index in [0.29, 0.717) is 0 Å². The third-order valence-corrected chi connectivity index (χ3v) is 16.4. The van der Waals surface area contributed by atoms with E-state index < -0.39 is 5.41 Å². The van der Waals surface area contributed by atoms with Crippen molar-refractivity contribution in [1.82, 2.24) is 0 Å². The Balaban J connectivity index is 0.974. The van der Waals surface area contributed by atoms with Crippen LogP contribution in [0.25, 0.3) is 88.7 Å². The van der Waals surface area contributed by atoms with Crippen LogP contribution in [-0.4, -0.2) is 0 Å². The number of hydrogen-bond donors (Lipinski definition) is 0. The van der Waals surface area contributed by atoms with Crippen LogP contribution < -0.4 is 9.80 Å². The molecule has 13 aromatic rings. The predicted molar refractivity (Wildman–Crippen MR) is 315 cm³/mol. The summed E-state index contributed by atoms with van der Waals surface area (Å²) in [6.07, 6.45) is 0. The zero-order valence-electron chi connectivity index (χ0n) is 41.4. The molecular weight excluding hydrogens is 921 g/mol. The summed E-state index contributed by atoms with van der Waals surface area (Å²) >= 11 is 0. The second-order valence-electron chi connectivity index (χ2n) is 20.3. The number of rotatable bonds is 5. The second kappa shape index (κ2) is 16.5. The molecule has 0 amide bonds. The van der Waals surface area contributed by atoms with Crippen molar-refractivity contribution in [2.75, 3.05) is 9.80 Å². The first kappa shape index (κ1) is 42.5. The third kappa shape index (κ3) is 6.11. The Hall–Kier alpha value is -9.96. The molecule has 3 heteroatoms. The number of furan rings is 1. The summed E-state index contributed by atoms with van der Waals surface area (Å²) < 4.78 is 6.64.